The number of phenols is 1. The van der Waals surface area contributed by atoms with E-state index in [1.807, 2.05) is 84.9 Å². The molecule has 28 heavy (non-hydrogen) atoms. The number of hydrogen-bond acceptors (Lipinski definition) is 3. The first kappa shape index (κ1) is 18.0. The third kappa shape index (κ3) is 4.11. The van der Waals surface area contributed by atoms with Crippen molar-refractivity contribution in [1.82, 2.24) is 0 Å². The van der Waals surface area contributed by atoms with Crippen LogP contribution >= 0.6 is 11.6 Å². The second kappa shape index (κ2) is 8.07. The molecule has 0 heterocycles. The van der Waals surface area contributed by atoms with Gasteiger partial charge in [0.25, 0.3) is 0 Å². The molecule has 4 aromatic rings. The number of aromatic hydroxyl groups is 1. The average Bonchev–Trinajstić information content (AvgIpc) is 2.74. The molecule has 4 aromatic carbocycles. The van der Waals surface area contributed by atoms with Crippen LogP contribution in [0.4, 0.5) is 11.4 Å². The van der Waals surface area contributed by atoms with Gasteiger partial charge in [-0.05, 0) is 53.4 Å². The molecule has 0 aliphatic carbocycles. The summed E-state index contributed by atoms with van der Waals surface area (Å²) in [6.45, 7) is 0. The molecule has 4 heteroatoms. The smallest absolute Gasteiger partial charge is 0.132 e. The second-order valence-electron chi connectivity index (χ2n) is 6.31. The fraction of sp³-hybridized carbons (Fsp3) is 0. The molecular weight excluding hydrogens is 368 g/mol. The minimum Gasteiger partial charge on any atom is -0.507 e. The van der Waals surface area contributed by atoms with E-state index in [0.29, 0.717) is 10.6 Å². The fourth-order valence-electron chi connectivity index (χ4n) is 2.84. The van der Waals surface area contributed by atoms with Gasteiger partial charge in [-0.2, -0.15) is 0 Å². The van der Waals surface area contributed by atoms with Crippen molar-refractivity contribution in [2.75, 3.05) is 0 Å². The SMILES string of the molecule is Oc1c(C=Nc2ccc(N=Cc3ccc(Cl)cc3)cc2)ccc2ccccc12. The fourth-order valence-corrected chi connectivity index (χ4v) is 2.97. The average molecular weight is 385 g/mol. The molecule has 0 aliphatic rings. The predicted octanol–water partition coefficient (Wildman–Crippen LogP) is 6.70. The van der Waals surface area contributed by atoms with E-state index in [0.717, 1.165) is 27.7 Å². The van der Waals surface area contributed by atoms with Crippen molar-refractivity contribution < 1.29 is 5.11 Å². The maximum Gasteiger partial charge on any atom is 0.132 e. The largest absolute Gasteiger partial charge is 0.507 e. The molecule has 0 saturated heterocycles. The Bertz CT molecular complexity index is 1160. The zero-order chi connectivity index (χ0) is 19.3. The summed E-state index contributed by atoms with van der Waals surface area (Å²) in [7, 11) is 0. The first-order valence-corrected chi connectivity index (χ1v) is 9.21. The van der Waals surface area contributed by atoms with Gasteiger partial charge in [-0.1, -0.05) is 54.1 Å². The van der Waals surface area contributed by atoms with E-state index in [9.17, 15) is 5.11 Å². The van der Waals surface area contributed by atoms with E-state index < -0.39 is 0 Å². The van der Waals surface area contributed by atoms with Gasteiger partial charge in [-0.3, -0.25) is 9.98 Å². The Labute approximate surface area is 168 Å². The number of fused-ring (bicyclic) bond motifs is 1. The molecule has 0 aromatic heterocycles. The predicted molar refractivity (Wildman–Crippen MR) is 118 cm³/mol. The monoisotopic (exact) mass is 384 g/mol. The Morgan fingerprint density at radius 1 is 0.679 bits per heavy atom. The van der Waals surface area contributed by atoms with Gasteiger partial charge in [0.15, 0.2) is 0 Å². The zero-order valence-corrected chi connectivity index (χ0v) is 15.7. The summed E-state index contributed by atoms with van der Waals surface area (Å²) in [5.41, 5.74) is 3.29. The summed E-state index contributed by atoms with van der Waals surface area (Å²) >= 11 is 5.89. The lowest BCUT2D eigenvalue weighted by Crippen LogP contribution is -1.84. The Balaban J connectivity index is 1.50. The van der Waals surface area contributed by atoms with E-state index in [1.54, 1.807) is 12.4 Å². The summed E-state index contributed by atoms with van der Waals surface area (Å²) in [6, 6.07) is 26.7. The van der Waals surface area contributed by atoms with Crippen LogP contribution in [-0.2, 0) is 0 Å². The molecule has 0 spiro atoms. The molecule has 0 radical (unpaired) electrons. The van der Waals surface area contributed by atoms with Gasteiger partial charge in [-0.15, -0.1) is 0 Å². The quantitative estimate of drug-likeness (QED) is 0.391. The summed E-state index contributed by atoms with van der Waals surface area (Å²) in [5, 5.41) is 13.0. The number of rotatable bonds is 4. The highest BCUT2D eigenvalue weighted by molar-refractivity contribution is 6.30. The number of aliphatic imine (C=N–C) groups is 2. The lowest BCUT2D eigenvalue weighted by Gasteiger charge is -2.04. The van der Waals surface area contributed by atoms with Crippen molar-refractivity contribution in [3.05, 3.63) is 101 Å². The molecule has 4 rings (SSSR count). The minimum absolute atomic E-state index is 0.242. The van der Waals surface area contributed by atoms with Crippen molar-refractivity contribution in [3.63, 3.8) is 0 Å². The summed E-state index contributed by atoms with van der Waals surface area (Å²) in [6.07, 6.45) is 3.47. The standard InChI is InChI=1S/C24H17ClN2O/c25-20-9-5-17(6-10-20)15-26-21-11-13-22(14-12-21)27-16-19-8-7-18-3-1-2-4-23(18)24(19)28/h1-16,28H. The lowest BCUT2D eigenvalue weighted by molar-refractivity contribution is 0.481. The normalized spacial score (nSPS) is 11.6. The number of hydrogen-bond donors (Lipinski definition) is 1. The third-order valence-corrected chi connectivity index (χ3v) is 4.62. The van der Waals surface area contributed by atoms with Crippen molar-refractivity contribution in [2.24, 2.45) is 9.98 Å². The van der Waals surface area contributed by atoms with Gasteiger partial charge in [0, 0.05) is 28.4 Å². The molecule has 0 aliphatic heterocycles. The van der Waals surface area contributed by atoms with Gasteiger partial charge in [-0.25, -0.2) is 0 Å². The Kier molecular flexibility index (Phi) is 5.18. The second-order valence-corrected chi connectivity index (χ2v) is 6.75. The maximum absolute atomic E-state index is 10.4. The Morgan fingerprint density at radius 2 is 1.32 bits per heavy atom. The van der Waals surface area contributed by atoms with Gasteiger partial charge in [0.2, 0.25) is 0 Å². The van der Waals surface area contributed by atoms with Crippen LogP contribution < -0.4 is 0 Å². The summed E-state index contributed by atoms with van der Waals surface area (Å²) < 4.78 is 0. The molecular formula is C24H17ClN2O. The molecule has 0 unspecified atom stereocenters. The topological polar surface area (TPSA) is 45.0 Å². The van der Waals surface area contributed by atoms with Gasteiger partial charge in [0.1, 0.15) is 5.75 Å². The van der Waals surface area contributed by atoms with Crippen molar-refractivity contribution in [1.29, 1.82) is 0 Å². The van der Waals surface area contributed by atoms with Crippen LogP contribution in [0.3, 0.4) is 0 Å². The number of benzene rings is 4. The maximum atomic E-state index is 10.4. The molecule has 0 amide bonds. The number of halogens is 1. The highest BCUT2D eigenvalue weighted by atomic mass is 35.5. The molecule has 0 saturated carbocycles. The molecule has 0 bridgehead atoms. The Morgan fingerprint density at radius 3 is 2.04 bits per heavy atom. The van der Waals surface area contributed by atoms with Crippen LogP contribution in [-0.4, -0.2) is 17.5 Å². The van der Waals surface area contributed by atoms with E-state index >= 15 is 0 Å². The van der Waals surface area contributed by atoms with Gasteiger partial charge in [0.05, 0.1) is 11.4 Å². The van der Waals surface area contributed by atoms with E-state index in [1.165, 1.54) is 0 Å². The molecule has 136 valence electrons. The van der Waals surface area contributed by atoms with Gasteiger partial charge < -0.3 is 5.11 Å². The van der Waals surface area contributed by atoms with Crippen LogP contribution in [0.5, 0.6) is 5.75 Å². The van der Waals surface area contributed by atoms with Crippen LogP contribution in [0.2, 0.25) is 5.02 Å². The van der Waals surface area contributed by atoms with Crippen LogP contribution in [0, 0.1) is 0 Å². The summed E-state index contributed by atoms with van der Waals surface area (Å²) in [4.78, 5) is 8.92. The third-order valence-electron chi connectivity index (χ3n) is 4.37. The lowest BCUT2D eigenvalue weighted by atomic mass is 10.1. The molecule has 0 atom stereocenters. The number of nitrogens with zero attached hydrogens (tertiary/aromatic N) is 2. The minimum atomic E-state index is 0.242. The van der Waals surface area contributed by atoms with Crippen LogP contribution in [0.15, 0.2) is 94.9 Å². The van der Waals surface area contributed by atoms with E-state index in [4.69, 9.17) is 11.6 Å². The van der Waals surface area contributed by atoms with Gasteiger partial charge >= 0.3 is 0 Å². The Hall–Kier alpha value is -3.43. The highest BCUT2D eigenvalue weighted by Crippen LogP contribution is 2.28. The highest BCUT2D eigenvalue weighted by Gasteiger charge is 2.03. The number of phenolic OH excluding ortho intramolecular Hbond substituents is 1. The first-order chi connectivity index (χ1) is 13.7. The van der Waals surface area contributed by atoms with Crippen molar-refractivity contribution in [2.45, 2.75) is 0 Å². The van der Waals surface area contributed by atoms with Crippen molar-refractivity contribution in [3.8, 4) is 5.75 Å². The zero-order valence-electron chi connectivity index (χ0n) is 15.0. The van der Waals surface area contributed by atoms with Crippen LogP contribution in [0.1, 0.15) is 11.1 Å². The van der Waals surface area contributed by atoms with E-state index in [2.05, 4.69) is 9.98 Å². The first-order valence-electron chi connectivity index (χ1n) is 8.83. The van der Waals surface area contributed by atoms with Crippen LogP contribution in [0.25, 0.3) is 10.8 Å². The summed E-state index contributed by atoms with van der Waals surface area (Å²) in [5.74, 6) is 0.242. The van der Waals surface area contributed by atoms with Crippen molar-refractivity contribution >= 4 is 46.2 Å². The molecule has 1 N–H and O–H groups in total. The van der Waals surface area contributed by atoms with E-state index in [-0.39, 0.29) is 5.75 Å². The molecule has 3 nitrogen and oxygen atoms in total. The molecule has 0 fully saturated rings.